The number of nitrogens with one attached hydrogen (secondary N) is 1. The number of nitrogens with zero attached hydrogens (tertiary/aromatic N) is 1. The third-order valence-electron chi connectivity index (χ3n) is 2.75. The van der Waals surface area contributed by atoms with E-state index >= 15 is 0 Å². The van der Waals surface area contributed by atoms with Crippen molar-refractivity contribution in [2.24, 2.45) is 0 Å². The first kappa shape index (κ1) is 14.1. The molecule has 0 amide bonds. The Morgan fingerprint density at radius 3 is 2.76 bits per heavy atom. The molecule has 2 nitrogen and oxygen atoms in total. The summed E-state index contributed by atoms with van der Waals surface area (Å²) in [6.07, 6.45) is 1.30. The average Bonchev–Trinajstić information content (AvgIpc) is 2.28. The molecule has 1 rings (SSSR count). The molecule has 0 aliphatic carbocycles. The monoisotopic (exact) mass is 298 g/mol. The summed E-state index contributed by atoms with van der Waals surface area (Å²) in [5.41, 5.74) is 0.629. The fourth-order valence-electron chi connectivity index (χ4n) is 1.73. The van der Waals surface area contributed by atoms with Gasteiger partial charge in [0, 0.05) is 22.1 Å². The Hall–Kier alpha value is -0.920. The highest BCUT2D eigenvalue weighted by molar-refractivity contribution is 9.10. The van der Waals surface area contributed by atoms with Crippen LogP contribution in [0, 0.1) is 17.1 Å². The van der Waals surface area contributed by atoms with Gasteiger partial charge in [0.25, 0.3) is 0 Å². The first-order valence-corrected chi connectivity index (χ1v) is 6.45. The summed E-state index contributed by atoms with van der Waals surface area (Å²) in [5, 5.41) is 11.9. The molecule has 1 aromatic rings. The highest BCUT2D eigenvalue weighted by atomic mass is 79.9. The van der Waals surface area contributed by atoms with Crippen LogP contribution in [-0.2, 0) is 0 Å². The van der Waals surface area contributed by atoms with Crippen LogP contribution in [0.3, 0.4) is 0 Å². The molecule has 4 heteroatoms. The van der Waals surface area contributed by atoms with Crippen molar-refractivity contribution in [3.63, 3.8) is 0 Å². The standard InChI is InChI=1S/C13H16BrFN2/c1-3-11(6-7-16)17-9(2)12-5-4-10(14)8-13(12)15/h4-5,8-9,11,17H,3,6H2,1-2H3. The van der Waals surface area contributed by atoms with Gasteiger partial charge in [-0.2, -0.15) is 5.26 Å². The van der Waals surface area contributed by atoms with Gasteiger partial charge in [-0.25, -0.2) is 4.39 Å². The third kappa shape index (κ3) is 4.10. The van der Waals surface area contributed by atoms with Gasteiger partial charge in [-0.1, -0.05) is 28.9 Å². The van der Waals surface area contributed by atoms with Crippen molar-refractivity contribution in [3.8, 4) is 6.07 Å². The van der Waals surface area contributed by atoms with Crippen LogP contribution in [0.15, 0.2) is 22.7 Å². The Morgan fingerprint density at radius 1 is 1.53 bits per heavy atom. The lowest BCUT2D eigenvalue weighted by atomic mass is 10.0. The zero-order chi connectivity index (χ0) is 12.8. The van der Waals surface area contributed by atoms with Gasteiger partial charge in [-0.15, -0.1) is 0 Å². The van der Waals surface area contributed by atoms with Crippen molar-refractivity contribution in [2.75, 3.05) is 0 Å². The molecule has 0 saturated carbocycles. The summed E-state index contributed by atoms with van der Waals surface area (Å²) in [5.74, 6) is -0.230. The predicted octanol–water partition coefficient (Wildman–Crippen LogP) is 3.93. The van der Waals surface area contributed by atoms with E-state index in [1.54, 1.807) is 6.07 Å². The van der Waals surface area contributed by atoms with Crippen LogP contribution in [0.5, 0.6) is 0 Å². The SMILES string of the molecule is CCC(CC#N)NC(C)c1ccc(Br)cc1F. The van der Waals surface area contributed by atoms with Crippen LogP contribution in [0.4, 0.5) is 4.39 Å². The van der Waals surface area contributed by atoms with Crippen molar-refractivity contribution >= 4 is 15.9 Å². The molecule has 0 aliphatic rings. The Kier molecular flexibility index (Phi) is 5.60. The molecule has 2 unspecified atom stereocenters. The molecule has 0 saturated heterocycles. The molecule has 1 N–H and O–H groups in total. The number of nitriles is 1. The van der Waals surface area contributed by atoms with E-state index in [0.29, 0.717) is 12.0 Å². The smallest absolute Gasteiger partial charge is 0.129 e. The molecule has 0 bridgehead atoms. The average molecular weight is 299 g/mol. The maximum atomic E-state index is 13.7. The van der Waals surface area contributed by atoms with Gasteiger partial charge < -0.3 is 5.32 Å². The molecule has 0 radical (unpaired) electrons. The quantitative estimate of drug-likeness (QED) is 0.894. The van der Waals surface area contributed by atoms with Crippen molar-refractivity contribution in [2.45, 2.75) is 38.8 Å². The summed E-state index contributed by atoms with van der Waals surface area (Å²) in [6.45, 7) is 3.92. The van der Waals surface area contributed by atoms with E-state index in [1.165, 1.54) is 6.07 Å². The van der Waals surface area contributed by atoms with Gasteiger partial charge >= 0.3 is 0 Å². The number of hydrogen-bond donors (Lipinski definition) is 1. The van der Waals surface area contributed by atoms with Crippen LogP contribution in [-0.4, -0.2) is 6.04 Å². The topological polar surface area (TPSA) is 35.8 Å². The molecule has 1 aromatic carbocycles. The normalized spacial score (nSPS) is 14.1. The van der Waals surface area contributed by atoms with Crippen molar-refractivity contribution in [1.82, 2.24) is 5.32 Å². The summed E-state index contributed by atoms with van der Waals surface area (Å²) >= 11 is 3.23. The largest absolute Gasteiger partial charge is 0.306 e. The Bertz CT molecular complexity index is 414. The molecule has 17 heavy (non-hydrogen) atoms. The molecule has 0 aromatic heterocycles. The van der Waals surface area contributed by atoms with E-state index in [2.05, 4.69) is 27.3 Å². The van der Waals surface area contributed by atoms with E-state index in [4.69, 9.17) is 5.26 Å². The summed E-state index contributed by atoms with van der Waals surface area (Å²) in [7, 11) is 0. The molecule has 2 atom stereocenters. The minimum atomic E-state index is -0.230. The molecule has 92 valence electrons. The van der Waals surface area contributed by atoms with E-state index in [1.807, 2.05) is 19.9 Å². The van der Waals surface area contributed by atoms with E-state index < -0.39 is 0 Å². The maximum Gasteiger partial charge on any atom is 0.129 e. The molecule has 0 heterocycles. The van der Waals surface area contributed by atoms with Crippen LogP contribution in [0.25, 0.3) is 0 Å². The van der Waals surface area contributed by atoms with Crippen LogP contribution >= 0.6 is 15.9 Å². The van der Waals surface area contributed by atoms with Gasteiger partial charge in [0.1, 0.15) is 5.82 Å². The molecular formula is C13H16BrFN2. The number of benzene rings is 1. The summed E-state index contributed by atoms with van der Waals surface area (Å²) < 4.78 is 14.4. The summed E-state index contributed by atoms with van der Waals surface area (Å²) in [6, 6.07) is 7.19. The second-order valence-corrected chi connectivity index (χ2v) is 4.94. The van der Waals surface area contributed by atoms with Crippen molar-refractivity contribution in [3.05, 3.63) is 34.1 Å². The highest BCUT2D eigenvalue weighted by Crippen LogP contribution is 2.21. The van der Waals surface area contributed by atoms with Crippen molar-refractivity contribution in [1.29, 1.82) is 5.26 Å². The van der Waals surface area contributed by atoms with Crippen LogP contribution < -0.4 is 5.32 Å². The Labute approximate surface area is 110 Å². The zero-order valence-corrected chi connectivity index (χ0v) is 11.6. The van der Waals surface area contributed by atoms with Gasteiger partial charge in [0.05, 0.1) is 12.5 Å². The molecule has 0 aliphatic heterocycles. The minimum absolute atomic E-state index is 0.0959. The lowest BCUT2D eigenvalue weighted by Crippen LogP contribution is -2.31. The van der Waals surface area contributed by atoms with Gasteiger partial charge in [0.2, 0.25) is 0 Å². The van der Waals surface area contributed by atoms with E-state index in [9.17, 15) is 4.39 Å². The molecule has 0 spiro atoms. The lowest BCUT2D eigenvalue weighted by molar-refractivity contribution is 0.436. The highest BCUT2D eigenvalue weighted by Gasteiger charge is 2.14. The fourth-order valence-corrected chi connectivity index (χ4v) is 2.06. The fraction of sp³-hybridized carbons (Fsp3) is 0.462. The molecular weight excluding hydrogens is 283 g/mol. The second kappa shape index (κ2) is 6.73. The van der Waals surface area contributed by atoms with Crippen LogP contribution in [0.1, 0.15) is 38.3 Å². The molecule has 0 fully saturated rings. The van der Waals surface area contributed by atoms with E-state index in [0.717, 1.165) is 10.9 Å². The van der Waals surface area contributed by atoms with Crippen molar-refractivity contribution < 1.29 is 4.39 Å². The first-order valence-electron chi connectivity index (χ1n) is 5.66. The lowest BCUT2D eigenvalue weighted by Gasteiger charge is -2.21. The number of halogens is 2. The number of rotatable bonds is 5. The first-order chi connectivity index (χ1) is 8.08. The number of hydrogen-bond acceptors (Lipinski definition) is 2. The predicted molar refractivity (Wildman–Crippen MR) is 70.0 cm³/mol. The van der Waals surface area contributed by atoms with Gasteiger partial charge in [0.15, 0.2) is 0 Å². The van der Waals surface area contributed by atoms with Gasteiger partial charge in [-0.05, 0) is 25.5 Å². The summed E-state index contributed by atoms with van der Waals surface area (Å²) in [4.78, 5) is 0. The van der Waals surface area contributed by atoms with Gasteiger partial charge in [-0.3, -0.25) is 0 Å². The minimum Gasteiger partial charge on any atom is -0.306 e. The Balaban J connectivity index is 2.75. The zero-order valence-electron chi connectivity index (χ0n) is 10.0. The Morgan fingerprint density at radius 2 is 2.24 bits per heavy atom. The third-order valence-corrected chi connectivity index (χ3v) is 3.24. The second-order valence-electron chi connectivity index (χ2n) is 4.02. The van der Waals surface area contributed by atoms with E-state index in [-0.39, 0.29) is 17.9 Å². The van der Waals surface area contributed by atoms with Crippen LogP contribution in [0.2, 0.25) is 0 Å². The maximum absolute atomic E-state index is 13.7.